The van der Waals surface area contributed by atoms with Crippen LogP contribution in [0.25, 0.3) is 0 Å². The molecule has 1 saturated heterocycles. The van der Waals surface area contributed by atoms with E-state index in [0.717, 1.165) is 44.5 Å². The predicted octanol–water partition coefficient (Wildman–Crippen LogP) is 3.21. The molecule has 4 rings (SSSR count). The van der Waals surface area contributed by atoms with Gasteiger partial charge in [0.1, 0.15) is 11.8 Å². The van der Waals surface area contributed by atoms with Crippen molar-refractivity contribution in [2.45, 2.75) is 44.7 Å². The number of ether oxygens (including phenoxy) is 1. The van der Waals surface area contributed by atoms with Crippen molar-refractivity contribution in [3.63, 3.8) is 0 Å². The summed E-state index contributed by atoms with van der Waals surface area (Å²) in [4.78, 5) is 12.9. The third-order valence-corrected chi connectivity index (χ3v) is 5.54. The van der Waals surface area contributed by atoms with Crippen LogP contribution >= 0.6 is 0 Å². The van der Waals surface area contributed by atoms with Crippen LogP contribution in [0.4, 0.5) is 5.82 Å². The van der Waals surface area contributed by atoms with Crippen LogP contribution in [0.5, 0.6) is 0 Å². The lowest BCUT2D eigenvalue weighted by molar-refractivity contribution is -0.134. The largest absolute Gasteiger partial charge is 0.380 e. The third-order valence-electron chi connectivity index (χ3n) is 5.54. The minimum Gasteiger partial charge on any atom is -0.380 e. The molecule has 2 aromatic rings. The van der Waals surface area contributed by atoms with Gasteiger partial charge in [-0.25, -0.2) is 0 Å². The van der Waals surface area contributed by atoms with Crippen molar-refractivity contribution in [1.82, 2.24) is 10.5 Å². The fraction of sp³-hybridized carbons (Fsp3) is 0.500. The smallest absolute Gasteiger partial charge is 0.247 e. The van der Waals surface area contributed by atoms with Gasteiger partial charge in [0.05, 0.1) is 13.2 Å². The average Bonchev–Trinajstić information content (AvgIpc) is 3.04. The van der Waals surface area contributed by atoms with Crippen LogP contribution in [0.15, 0.2) is 40.9 Å². The third kappa shape index (κ3) is 3.66. The summed E-state index contributed by atoms with van der Waals surface area (Å²) in [5.41, 5.74) is 1.36. The van der Waals surface area contributed by atoms with Gasteiger partial charge in [0, 0.05) is 17.5 Å². The molecular weight excluding hydrogens is 330 g/mol. The van der Waals surface area contributed by atoms with Crippen LogP contribution in [-0.2, 0) is 9.53 Å². The number of hydrogen-bond acceptors (Lipinski definition) is 5. The second-order valence-corrected chi connectivity index (χ2v) is 7.59. The Morgan fingerprint density at radius 3 is 2.54 bits per heavy atom. The zero-order chi connectivity index (χ0) is 18.0. The summed E-state index contributed by atoms with van der Waals surface area (Å²) >= 11 is 0. The summed E-state index contributed by atoms with van der Waals surface area (Å²) in [7, 11) is 0. The first-order valence-corrected chi connectivity index (χ1v) is 9.27. The summed E-state index contributed by atoms with van der Waals surface area (Å²) in [6.45, 7) is 3.60. The van der Waals surface area contributed by atoms with Crippen LogP contribution in [-0.4, -0.2) is 30.3 Å². The molecule has 1 aliphatic heterocycles. The number of amides is 1. The first kappa shape index (κ1) is 17.2. The fourth-order valence-electron chi connectivity index (χ4n) is 3.90. The molecule has 1 aromatic carbocycles. The lowest BCUT2D eigenvalue weighted by Crippen LogP contribution is -2.49. The van der Waals surface area contributed by atoms with E-state index in [1.54, 1.807) is 13.0 Å². The maximum Gasteiger partial charge on any atom is 0.247 e. The van der Waals surface area contributed by atoms with Crippen molar-refractivity contribution >= 4 is 11.7 Å². The van der Waals surface area contributed by atoms with E-state index in [4.69, 9.17) is 9.26 Å². The van der Waals surface area contributed by atoms with Crippen molar-refractivity contribution < 1.29 is 14.1 Å². The maximum atomic E-state index is 12.9. The Hall–Kier alpha value is -2.18. The van der Waals surface area contributed by atoms with Crippen LogP contribution in [0, 0.1) is 12.3 Å². The second kappa shape index (κ2) is 7.21. The van der Waals surface area contributed by atoms with Gasteiger partial charge in [0.15, 0.2) is 5.82 Å². The Bertz CT molecular complexity index is 745. The molecule has 1 aliphatic carbocycles. The monoisotopic (exact) mass is 355 g/mol. The number of anilines is 1. The first-order valence-electron chi connectivity index (χ1n) is 9.27. The number of aryl methyl sites for hydroxylation is 1. The Morgan fingerprint density at radius 1 is 1.23 bits per heavy atom. The van der Waals surface area contributed by atoms with E-state index in [1.807, 2.05) is 30.3 Å². The quantitative estimate of drug-likeness (QED) is 0.861. The summed E-state index contributed by atoms with van der Waals surface area (Å²) < 4.78 is 10.5. The Morgan fingerprint density at radius 2 is 1.96 bits per heavy atom. The van der Waals surface area contributed by atoms with Crippen LogP contribution in [0.3, 0.4) is 0 Å². The molecule has 1 saturated carbocycles. The number of nitrogens with one attached hydrogen (secondary N) is 2. The van der Waals surface area contributed by atoms with Gasteiger partial charge < -0.3 is 14.6 Å². The molecule has 2 aliphatic rings. The molecule has 138 valence electrons. The SMILES string of the molecule is Cc1cc(NC(=O)C(NC2CCC3(CC2)COC3)c2ccccc2)no1. The predicted molar refractivity (Wildman–Crippen MR) is 97.7 cm³/mol. The molecule has 1 unspecified atom stereocenters. The minimum atomic E-state index is -0.412. The van der Waals surface area contributed by atoms with Crippen molar-refractivity contribution in [2.24, 2.45) is 5.41 Å². The van der Waals surface area contributed by atoms with Gasteiger partial charge in [-0.05, 0) is 38.2 Å². The fourth-order valence-corrected chi connectivity index (χ4v) is 3.90. The molecule has 1 atom stereocenters. The zero-order valence-corrected chi connectivity index (χ0v) is 15.0. The van der Waals surface area contributed by atoms with E-state index in [-0.39, 0.29) is 5.91 Å². The molecule has 1 spiro atoms. The Balaban J connectivity index is 1.45. The molecule has 6 nitrogen and oxygen atoms in total. The summed E-state index contributed by atoms with van der Waals surface area (Å²) in [5, 5.41) is 10.3. The van der Waals surface area contributed by atoms with Gasteiger partial charge in [-0.1, -0.05) is 35.5 Å². The number of carbonyl (C=O) groups excluding carboxylic acids is 1. The first-order chi connectivity index (χ1) is 12.6. The molecule has 1 amide bonds. The lowest BCUT2D eigenvalue weighted by Gasteiger charge is -2.46. The zero-order valence-electron chi connectivity index (χ0n) is 15.0. The van der Waals surface area contributed by atoms with E-state index in [9.17, 15) is 4.79 Å². The highest BCUT2D eigenvalue weighted by molar-refractivity contribution is 5.94. The van der Waals surface area contributed by atoms with Gasteiger partial charge in [-0.2, -0.15) is 0 Å². The average molecular weight is 355 g/mol. The van der Waals surface area contributed by atoms with Crippen molar-refractivity contribution in [3.8, 4) is 0 Å². The molecule has 2 fully saturated rings. The van der Waals surface area contributed by atoms with Crippen LogP contribution in [0.2, 0.25) is 0 Å². The number of benzene rings is 1. The highest BCUT2D eigenvalue weighted by Gasteiger charge is 2.42. The van der Waals surface area contributed by atoms with E-state index in [2.05, 4.69) is 15.8 Å². The number of hydrogen-bond donors (Lipinski definition) is 2. The molecule has 1 aromatic heterocycles. The Kier molecular flexibility index (Phi) is 4.78. The molecule has 6 heteroatoms. The van der Waals surface area contributed by atoms with Gasteiger partial charge in [0.2, 0.25) is 5.91 Å². The lowest BCUT2D eigenvalue weighted by atomic mass is 9.71. The van der Waals surface area contributed by atoms with Gasteiger partial charge in [-0.15, -0.1) is 0 Å². The van der Waals surface area contributed by atoms with Crippen molar-refractivity contribution in [3.05, 3.63) is 47.7 Å². The normalized spacial score (nSPS) is 20.5. The van der Waals surface area contributed by atoms with Gasteiger partial charge >= 0.3 is 0 Å². The molecular formula is C20H25N3O3. The molecule has 2 heterocycles. The van der Waals surface area contributed by atoms with Crippen molar-refractivity contribution in [1.29, 1.82) is 0 Å². The van der Waals surface area contributed by atoms with E-state index in [1.165, 1.54) is 0 Å². The summed E-state index contributed by atoms with van der Waals surface area (Å²) in [5.74, 6) is 1.01. The highest BCUT2D eigenvalue weighted by Crippen LogP contribution is 2.42. The topological polar surface area (TPSA) is 76.4 Å². The molecule has 2 N–H and O–H groups in total. The maximum absolute atomic E-state index is 12.9. The minimum absolute atomic E-state index is 0.114. The van der Waals surface area contributed by atoms with E-state index >= 15 is 0 Å². The summed E-state index contributed by atoms with van der Waals surface area (Å²) in [6, 6.07) is 11.5. The van der Waals surface area contributed by atoms with Crippen LogP contribution in [0.1, 0.15) is 43.0 Å². The standard InChI is InChI=1S/C20H25N3O3/c1-14-11-17(23-26-14)22-19(24)18(15-5-3-2-4-6-15)21-16-7-9-20(10-8-16)12-25-13-20/h2-6,11,16,18,21H,7-10,12-13H2,1H3,(H,22,23,24). The number of aromatic nitrogens is 1. The van der Waals surface area contributed by atoms with Gasteiger partial charge in [0.25, 0.3) is 0 Å². The number of carbonyl (C=O) groups is 1. The van der Waals surface area contributed by atoms with E-state index in [0.29, 0.717) is 23.0 Å². The van der Waals surface area contributed by atoms with Crippen molar-refractivity contribution in [2.75, 3.05) is 18.5 Å². The number of nitrogens with zero attached hydrogens (tertiary/aromatic N) is 1. The Labute approximate surface area is 153 Å². The van der Waals surface area contributed by atoms with Crippen LogP contribution < -0.4 is 10.6 Å². The van der Waals surface area contributed by atoms with Gasteiger partial charge in [-0.3, -0.25) is 10.1 Å². The molecule has 0 radical (unpaired) electrons. The molecule has 0 bridgehead atoms. The second-order valence-electron chi connectivity index (χ2n) is 7.59. The summed E-state index contributed by atoms with van der Waals surface area (Å²) in [6.07, 6.45) is 4.47. The molecule has 26 heavy (non-hydrogen) atoms. The van der Waals surface area contributed by atoms with E-state index < -0.39 is 6.04 Å². The highest BCUT2D eigenvalue weighted by atomic mass is 16.5. The number of rotatable bonds is 5.